The summed E-state index contributed by atoms with van der Waals surface area (Å²) in [4.78, 5) is 20.1. The van der Waals surface area contributed by atoms with Crippen molar-refractivity contribution in [3.63, 3.8) is 0 Å². The number of fused-ring (bicyclic) bond motifs is 2. The zero-order valence-electron chi connectivity index (χ0n) is 25.8. The fraction of sp³-hybridized carbons (Fsp3) is 0.486. The van der Waals surface area contributed by atoms with E-state index in [2.05, 4.69) is 36.1 Å². The lowest BCUT2D eigenvalue weighted by Crippen LogP contribution is -2.34. The average molecular weight is 575 g/mol. The summed E-state index contributed by atoms with van der Waals surface area (Å²) in [5.41, 5.74) is 8.18. The molecule has 0 saturated carbocycles. The summed E-state index contributed by atoms with van der Waals surface area (Å²) in [5.74, 6) is -1.17. The predicted octanol–water partition coefficient (Wildman–Crippen LogP) is 7.07. The van der Waals surface area contributed by atoms with E-state index in [9.17, 15) is 9.90 Å². The fourth-order valence-electron chi connectivity index (χ4n) is 6.46. The van der Waals surface area contributed by atoms with Crippen molar-refractivity contribution in [3.05, 3.63) is 80.9 Å². The Kier molecular flexibility index (Phi) is 8.72. The third-order valence-electron chi connectivity index (χ3n) is 8.34. The molecule has 1 aromatic heterocycles. The fourth-order valence-corrected chi connectivity index (χ4v) is 6.46. The molecular formula is C35H43FN2O4. The van der Waals surface area contributed by atoms with Gasteiger partial charge in [-0.2, -0.15) is 0 Å². The van der Waals surface area contributed by atoms with Gasteiger partial charge in [0, 0.05) is 42.0 Å². The predicted molar refractivity (Wildman–Crippen MR) is 163 cm³/mol. The molecule has 1 N–H and O–H groups in total. The summed E-state index contributed by atoms with van der Waals surface area (Å²) in [6.45, 7) is 14.4. The van der Waals surface area contributed by atoms with E-state index in [1.807, 2.05) is 34.6 Å². The molecular weight excluding hydrogens is 531 g/mol. The van der Waals surface area contributed by atoms with Crippen molar-refractivity contribution < 1.29 is 23.8 Å². The number of aromatic nitrogens is 1. The van der Waals surface area contributed by atoms with Crippen LogP contribution in [-0.4, -0.2) is 46.3 Å². The number of pyridine rings is 1. The molecule has 7 heteroatoms. The second-order valence-electron chi connectivity index (χ2n) is 12.8. The first-order valence-electron chi connectivity index (χ1n) is 15.1. The van der Waals surface area contributed by atoms with Crippen molar-refractivity contribution in [2.75, 3.05) is 19.7 Å². The first-order valence-corrected chi connectivity index (χ1v) is 15.1. The van der Waals surface area contributed by atoms with Crippen LogP contribution in [0.25, 0.3) is 11.1 Å². The SMILES string of the molecule is Cc1cccc(CCCN2CCc3nc(C)c([C@H](OC(C)(C)C)C(=O)O)c(-c4cc(F)c5c(c4C)CCCO5)c3C2)c1. The van der Waals surface area contributed by atoms with E-state index in [1.165, 1.54) is 17.2 Å². The molecule has 0 spiro atoms. The molecule has 42 heavy (non-hydrogen) atoms. The van der Waals surface area contributed by atoms with Crippen LogP contribution in [0.4, 0.5) is 4.39 Å². The summed E-state index contributed by atoms with van der Waals surface area (Å²) < 4.78 is 27.5. The highest BCUT2D eigenvalue weighted by Gasteiger charge is 2.36. The number of hydrogen-bond acceptors (Lipinski definition) is 5. The maximum Gasteiger partial charge on any atom is 0.337 e. The van der Waals surface area contributed by atoms with Gasteiger partial charge in [-0.1, -0.05) is 29.8 Å². The lowest BCUT2D eigenvalue weighted by atomic mass is 9.83. The number of ether oxygens (including phenoxy) is 2. The zero-order chi connectivity index (χ0) is 30.2. The van der Waals surface area contributed by atoms with Crippen LogP contribution in [-0.2, 0) is 35.3 Å². The van der Waals surface area contributed by atoms with E-state index in [1.54, 1.807) is 0 Å². The van der Waals surface area contributed by atoms with Gasteiger partial charge in [0.2, 0.25) is 0 Å². The van der Waals surface area contributed by atoms with Gasteiger partial charge in [-0.05, 0) is 108 Å². The highest BCUT2D eigenvalue weighted by Crippen LogP contribution is 2.44. The normalized spacial score (nSPS) is 16.0. The van der Waals surface area contributed by atoms with Crippen molar-refractivity contribution >= 4 is 5.97 Å². The van der Waals surface area contributed by atoms with Crippen LogP contribution in [0, 0.1) is 26.6 Å². The standard InChI is InChI=1S/C35H43FN2O4/c1-21-10-7-11-24(18-21)12-8-15-38-16-14-29-27(20-38)31(26-19-28(36)32-25(22(26)2)13-9-17-41-32)30(23(3)37-29)33(34(39)40)42-35(4,5)6/h7,10-11,18-19,33H,8-9,12-17,20H2,1-6H3,(H,39,40)/t33-/m0/s1. The first-order chi connectivity index (χ1) is 19.9. The molecule has 3 heterocycles. The minimum atomic E-state index is -1.25. The van der Waals surface area contributed by atoms with Crippen LogP contribution in [0.15, 0.2) is 30.3 Å². The molecule has 2 aliphatic heterocycles. The van der Waals surface area contributed by atoms with Gasteiger partial charge in [0.1, 0.15) is 0 Å². The second kappa shape index (κ2) is 12.1. The Morgan fingerprint density at radius 2 is 1.95 bits per heavy atom. The Hall–Kier alpha value is -3.29. The maximum atomic E-state index is 15.6. The molecule has 0 radical (unpaired) electrons. The largest absolute Gasteiger partial charge is 0.490 e. The number of carboxylic acids is 1. The molecule has 0 fully saturated rings. The van der Waals surface area contributed by atoms with Gasteiger partial charge in [0.05, 0.1) is 12.2 Å². The molecule has 0 aliphatic carbocycles. The van der Waals surface area contributed by atoms with Crippen LogP contribution in [0.1, 0.15) is 84.5 Å². The van der Waals surface area contributed by atoms with E-state index >= 15 is 4.39 Å². The number of aliphatic carboxylic acids is 1. The van der Waals surface area contributed by atoms with Crippen molar-refractivity contribution in [2.45, 2.75) is 91.9 Å². The van der Waals surface area contributed by atoms with Crippen molar-refractivity contribution in [2.24, 2.45) is 0 Å². The van der Waals surface area contributed by atoms with Crippen molar-refractivity contribution in [1.82, 2.24) is 9.88 Å². The Morgan fingerprint density at radius 3 is 2.67 bits per heavy atom. The Labute approximate surface area is 248 Å². The molecule has 3 aromatic rings. The topological polar surface area (TPSA) is 71.9 Å². The molecule has 0 amide bonds. The molecule has 0 saturated heterocycles. The number of hydrogen-bond donors (Lipinski definition) is 1. The number of aryl methyl sites for hydroxylation is 3. The molecule has 1 atom stereocenters. The number of benzene rings is 2. The quantitative estimate of drug-likeness (QED) is 0.310. The van der Waals surface area contributed by atoms with Gasteiger partial charge in [-0.3, -0.25) is 9.88 Å². The molecule has 0 unspecified atom stereocenters. The highest BCUT2D eigenvalue weighted by atomic mass is 19.1. The molecule has 2 aliphatic rings. The minimum Gasteiger partial charge on any atom is -0.490 e. The molecule has 5 rings (SSSR count). The van der Waals surface area contributed by atoms with Crippen LogP contribution in [0.3, 0.4) is 0 Å². The third-order valence-corrected chi connectivity index (χ3v) is 8.34. The smallest absolute Gasteiger partial charge is 0.337 e. The first kappa shape index (κ1) is 30.2. The summed E-state index contributed by atoms with van der Waals surface area (Å²) in [6.07, 6.45) is 3.04. The van der Waals surface area contributed by atoms with Gasteiger partial charge in [-0.25, -0.2) is 9.18 Å². The lowest BCUT2D eigenvalue weighted by molar-refractivity contribution is -0.160. The summed E-state index contributed by atoms with van der Waals surface area (Å²) in [6, 6.07) is 10.2. The lowest BCUT2D eigenvalue weighted by Gasteiger charge is -2.34. The number of halogens is 1. The zero-order valence-corrected chi connectivity index (χ0v) is 25.8. The van der Waals surface area contributed by atoms with Crippen molar-refractivity contribution in [3.8, 4) is 16.9 Å². The minimum absolute atomic E-state index is 0.321. The van der Waals surface area contributed by atoms with Crippen LogP contribution in [0.2, 0.25) is 0 Å². The molecule has 6 nitrogen and oxygen atoms in total. The number of rotatable bonds is 8. The van der Waals surface area contributed by atoms with Crippen molar-refractivity contribution in [1.29, 1.82) is 0 Å². The van der Waals surface area contributed by atoms with Gasteiger partial charge in [0.15, 0.2) is 17.7 Å². The van der Waals surface area contributed by atoms with Crippen LogP contribution in [0.5, 0.6) is 5.75 Å². The molecule has 224 valence electrons. The Bertz CT molecular complexity index is 1490. The summed E-state index contributed by atoms with van der Waals surface area (Å²) in [5, 5.41) is 10.4. The van der Waals surface area contributed by atoms with E-state index in [4.69, 9.17) is 14.5 Å². The van der Waals surface area contributed by atoms with Crippen LogP contribution < -0.4 is 4.74 Å². The van der Waals surface area contributed by atoms with Gasteiger partial charge >= 0.3 is 5.97 Å². The van der Waals surface area contributed by atoms with E-state index in [0.717, 1.165) is 73.1 Å². The van der Waals surface area contributed by atoms with Crippen LogP contribution >= 0.6 is 0 Å². The van der Waals surface area contributed by atoms with Gasteiger partial charge < -0.3 is 14.6 Å². The number of carbonyl (C=O) groups is 1. The van der Waals surface area contributed by atoms with Gasteiger partial charge in [-0.15, -0.1) is 0 Å². The molecule has 2 aromatic carbocycles. The third kappa shape index (κ3) is 6.37. The van der Waals surface area contributed by atoms with E-state index in [0.29, 0.717) is 35.7 Å². The number of carboxylic acid groups (broad SMARTS) is 1. The van der Waals surface area contributed by atoms with E-state index < -0.39 is 23.5 Å². The Morgan fingerprint density at radius 1 is 1.17 bits per heavy atom. The van der Waals surface area contributed by atoms with E-state index in [-0.39, 0.29) is 0 Å². The molecule has 0 bridgehead atoms. The van der Waals surface area contributed by atoms with Gasteiger partial charge in [0.25, 0.3) is 0 Å². The maximum absolute atomic E-state index is 15.6. The summed E-state index contributed by atoms with van der Waals surface area (Å²) >= 11 is 0. The summed E-state index contributed by atoms with van der Waals surface area (Å²) in [7, 11) is 0. The monoisotopic (exact) mass is 574 g/mol. The highest BCUT2D eigenvalue weighted by molar-refractivity contribution is 5.84. The number of nitrogens with zero attached hydrogens (tertiary/aromatic N) is 2. The average Bonchev–Trinajstić information content (AvgIpc) is 2.93. The second-order valence-corrected chi connectivity index (χ2v) is 12.8. The Balaban J connectivity index is 1.60.